The molecule has 0 fully saturated rings. The van der Waals surface area contributed by atoms with E-state index in [-0.39, 0.29) is 5.91 Å². The third-order valence-corrected chi connectivity index (χ3v) is 3.99. The number of ether oxygens (including phenoxy) is 1. The summed E-state index contributed by atoms with van der Waals surface area (Å²) in [6.45, 7) is 3.17. The number of hydrogen-bond donors (Lipinski definition) is 2. The molecule has 0 unspecified atom stereocenters. The molecule has 0 aliphatic carbocycles. The Morgan fingerprint density at radius 2 is 2.04 bits per heavy atom. The topological polar surface area (TPSA) is 54.1 Å². The maximum atomic E-state index is 12.2. The molecule has 0 spiro atoms. The minimum atomic E-state index is -0.0597. The minimum absolute atomic E-state index is 0.0597. The summed E-state index contributed by atoms with van der Waals surface area (Å²) in [4.78, 5) is 15.5. The summed E-state index contributed by atoms with van der Waals surface area (Å²) >= 11 is 0. The zero-order valence-corrected chi connectivity index (χ0v) is 13.8. The van der Waals surface area contributed by atoms with Gasteiger partial charge in [0.05, 0.1) is 6.61 Å². The lowest BCUT2D eigenvalue weighted by molar-refractivity contribution is 0.0953. The molecular formula is C20H22N2O2. The van der Waals surface area contributed by atoms with Crippen molar-refractivity contribution in [1.82, 2.24) is 10.3 Å². The van der Waals surface area contributed by atoms with Gasteiger partial charge in [-0.3, -0.25) is 4.79 Å². The van der Waals surface area contributed by atoms with Gasteiger partial charge in [-0.15, -0.1) is 0 Å². The molecule has 2 N–H and O–H groups in total. The van der Waals surface area contributed by atoms with E-state index < -0.39 is 0 Å². The lowest BCUT2D eigenvalue weighted by Gasteiger charge is -2.07. The van der Waals surface area contributed by atoms with E-state index in [0.29, 0.717) is 18.7 Å². The molecule has 0 aliphatic heterocycles. The highest BCUT2D eigenvalue weighted by Gasteiger charge is 2.07. The lowest BCUT2D eigenvalue weighted by Crippen LogP contribution is -2.24. The molecule has 4 nitrogen and oxygen atoms in total. The number of amides is 1. The number of aryl methyl sites for hydroxylation is 1. The van der Waals surface area contributed by atoms with Gasteiger partial charge in [-0.25, -0.2) is 0 Å². The van der Waals surface area contributed by atoms with Crippen LogP contribution in [0.25, 0.3) is 10.9 Å². The van der Waals surface area contributed by atoms with Crippen LogP contribution in [0.4, 0.5) is 0 Å². The number of hydrogen-bond acceptors (Lipinski definition) is 2. The molecule has 0 aliphatic rings. The molecule has 3 aromatic rings. The molecule has 3 rings (SSSR count). The summed E-state index contributed by atoms with van der Waals surface area (Å²) in [5.74, 6) is 0.666. The van der Waals surface area contributed by atoms with Crippen LogP contribution in [-0.2, 0) is 6.42 Å². The monoisotopic (exact) mass is 322 g/mol. The molecule has 4 heteroatoms. The van der Waals surface area contributed by atoms with Gasteiger partial charge >= 0.3 is 0 Å². The number of para-hydroxylation sites is 1. The van der Waals surface area contributed by atoms with Crippen LogP contribution in [0.15, 0.2) is 54.7 Å². The zero-order chi connectivity index (χ0) is 16.8. The van der Waals surface area contributed by atoms with Crippen LogP contribution < -0.4 is 10.1 Å². The van der Waals surface area contributed by atoms with Crippen molar-refractivity contribution >= 4 is 16.8 Å². The van der Waals surface area contributed by atoms with Gasteiger partial charge in [-0.1, -0.05) is 24.3 Å². The third kappa shape index (κ3) is 3.77. The van der Waals surface area contributed by atoms with Crippen LogP contribution in [0.1, 0.15) is 29.3 Å². The van der Waals surface area contributed by atoms with Crippen LogP contribution in [-0.4, -0.2) is 24.0 Å². The first kappa shape index (κ1) is 16.1. The fraction of sp³-hybridized carbons (Fsp3) is 0.250. The SMILES string of the molecule is CCOc1cccc(C(=O)NCCCc2c[nH]c3ccccc23)c1. The van der Waals surface area contributed by atoms with E-state index in [0.717, 1.165) is 24.1 Å². The smallest absolute Gasteiger partial charge is 0.251 e. The summed E-state index contributed by atoms with van der Waals surface area (Å²) < 4.78 is 5.43. The average Bonchev–Trinajstić information content (AvgIpc) is 3.02. The second kappa shape index (κ2) is 7.68. The van der Waals surface area contributed by atoms with Crippen LogP contribution in [0, 0.1) is 0 Å². The molecule has 124 valence electrons. The van der Waals surface area contributed by atoms with E-state index in [1.54, 1.807) is 12.1 Å². The predicted molar refractivity (Wildman–Crippen MR) is 96.6 cm³/mol. The largest absolute Gasteiger partial charge is 0.494 e. The van der Waals surface area contributed by atoms with E-state index in [4.69, 9.17) is 4.74 Å². The summed E-state index contributed by atoms with van der Waals surface area (Å²) in [6, 6.07) is 15.6. The van der Waals surface area contributed by atoms with E-state index in [1.807, 2.05) is 31.2 Å². The van der Waals surface area contributed by atoms with Gasteiger partial charge in [0.2, 0.25) is 0 Å². The number of H-pyrrole nitrogens is 1. The van der Waals surface area contributed by atoms with Gasteiger partial charge in [0.15, 0.2) is 0 Å². The highest BCUT2D eigenvalue weighted by atomic mass is 16.5. The Hall–Kier alpha value is -2.75. The molecule has 24 heavy (non-hydrogen) atoms. The average molecular weight is 322 g/mol. The number of nitrogens with one attached hydrogen (secondary N) is 2. The van der Waals surface area contributed by atoms with Crippen LogP contribution in [0.5, 0.6) is 5.75 Å². The van der Waals surface area contributed by atoms with Crippen molar-refractivity contribution in [1.29, 1.82) is 0 Å². The van der Waals surface area contributed by atoms with Gasteiger partial charge in [0, 0.05) is 29.2 Å². The highest BCUT2D eigenvalue weighted by Crippen LogP contribution is 2.18. The fourth-order valence-electron chi connectivity index (χ4n) is 2.82. The molecule has 1 heterocycles. The zero-order valence-electron chi connectivity index (χ0n) is 13.8. The van der Waals surface area contributed by atoms with Crippen molar-refractivity contribution in [2.75, 3.05) is 13.2 Å². The first-order chi connectivity index (χ1) is 11.8. The molecule has 0 atom stereocenters. The van der Waals surface area contributed by atoms with Gasteiger partial charge in [0.25, 0.3) is 5.91 Å². The van der Waals surface area contributed by atoms with Crippen molar-refractivity contribution < 1.29 is 9.53 Å². The first-order valence-corrected chi connectivity index (χ1v) is 8.34. The molecular weight excluding hydrogens is 300 g/mol. The Balaban J connectivity index is 1.51. The Kier molecular flexibility index (Phi) is 5.16. The van der Waals surface area contributed by atoms with E-state index >= 15 is 0 Å². The van der Waals surface area contributed by atoms with E-state index in [2.05, 4.69) is 28.6 Å². The number of carbonyl (C=O) groups excluding carboxylic acids is 1. The molecule has 2 aromatic carbocycles. The number of rotatable bonds is 7. The maximum absolute atomic E-state index is 12.2. The van der Waals surface area contributed by atoms with Crippen molar-refractivity contribution in [2.24, 2.45) is 0 Å². The standard InChI is InChI=1S/C20H22N2O2/c1-2-24-17-9-5-7-15(13-17)20(23)21-12-6-8-16-14-22-19-11-4-3-10-18(16)19/h3-5,7,9-11,13-14,22H,2,6,8,12H2,1H3,(H,21,23). The normalized spacial score (nSPS) is 10.7. The van der Waals surface area contributed by atoms with Crippen LogP contribution in [0.3, 0.4) is 0 Å². The second-order valence-corrected chi connectivity index (χ2v) is 5.68. The van der Waals surface area contributed by atoms with Gasteiger partial charge in [0.1, 0.15) is 5.75 Å². The number of aromatic nitrogens is 1. The summed E-state index contributed by atoms with van der Waals surface area (Å²) in [6.07, 6.45) is 3.89. The Labute approximate surface area is 141 Å². The third-order valence-electron chi connectivity index (χ3n) is 3.99. The van der Waals surface area contributed by atoms with Crippen molar-refractivity contribution in [3.05, 3.63) is 65.9 Å². The first-order valence-electron chi connectivity index (χ1n) is 8.34. The molecule has 0 saturated carbocycles. The van der Waals surface area contributed by atoms with Gasteiger partial charge in [-0.05, 0) is 49.6 Å². The Bertz CT molecular complexity index is 823. The molecule has 1 amide bonds. The van der Waals surface area contributed by atoms with E-state index in [1.165, 1.54) is 10.9 Å². The Morgan fingerprint density at radius 3 is 2.92 bits per heavy atom. The quantitative estimate of drug-likeness (QED) is 0.648. The number of carbonyl (C=O) groups is 1. The number of fused-ring (bicyclic) bond motifs is 1. The number of aromatic amines is 1. The fourth-order valence-corrected chi connectivity index (χ4v) is 2.82. The predicted octanol–water partition coefficient (Wildman–Crippen LogP) is 3.93. The van der Waals surface area contributed by atoms with Crippen LogP contribution >= 0.6 is 0 Å². The van der Waals surface area contributed by atoms with E-state index in [9.17, 15) is 4.79 Å². The second-order valence-electron chi connectivity index (χ2n) is 5.68. The van der Waals surface area contributed by atoms with Gasteiger partial charge in [-0.2, -0.15) is 0 Å². The van der Waals surface area contributed by atoms with Crippen molar-refractivity contribution in [3.63, 3.8) is 0 Å². The molecule has 1 aromatic heterocycles. The maximum Gasteiger partial charge on any atom is 0.251 e. The van der Waals surface area contributed by atoms with Crippen molar-refractivity contribution in [3.8, 4) is 5.75 Å². The van der Waals surface area contributed by atoms with Crippen LogP contribution in [0.2, 0.25) is 0 Å². The summed E-state index contributed by atoms with van der Waals surface area (Å²) in [5.41, 5.74) is 3.08. The summed E-state index contributed by atoms with van der Waals surface area (Å²) in [7, 11) is 0. The molecule has 0 bridgehead atoms. The molecule has 0 saturated heterocycles. The highest BCUT2D eigenvalue weighted by molar-refractivity contribution is 5.94. The molecule has 0 radical (unpaired) electrons. The lowest BCUT2D eigenvalue weighted by atomic mass is 10.1. The van der Waals surface area contributed by atoms with Crippen molar-refractivity contribution in [2.45, 2.75) is 19.8 Å². The number of benzene rings is 2. The van der Waals surface area contributed by atoms with Gasteiger partial charge < -0.3 is 15.0 Å². The minimum Gasteiger partial charge on any atom is -0.494 e. The Morgan fingerprint density at radius 1 is 1.17 bits per heavy atom. The summed E-state index contributed by atoms with van der Waals surface area (Å²) in [5, 5.41) is 4.23.